The Labute approximate surface area is 126 Å². The summed E-state index contributed by atoms with van der Waals surface area (Å²) >= 11 is 5.88. The van der Waals surface area contributed by atoms with E-state index < -0.39 is 8.56 Å². The van der Waals surface area contributed by atoms with Gasteiger partial charge in [-0.25, -0.2) is 0 Å². The van der Waals surface area contributed by atoms with Gasteiger partial charge in [-0.05, 0) is 31.4 Å². The van der Waals surface area contributed by atoms with Gasteiger partial charge in [0.05, 0.1) is 0 Å². The third kappa shape index (κ3) is 9.89. The van der Waals surface area contributed by atoms with E-state index in [1.54, 1.807) is 0 Å². The molecule has 0 N–H and O–H groups in total. The minimum Gasteiger partial charge on any atom is -0.394 e. The van der Waals surface area contributed by atoms with Gasteiger partial charge in [0, 0.05) is 19.1 Å². The van der Waals surface area contributed by atoms with Crippen LogP contribution in [0.25, 0.3) is 0 Å². The zero-order valence-corrected chi connectivity index (χ0v) is 14.9. The van der Waals surface area contributed by atoms with Crippen molar-refractivity contribution >= 4 is 20.2 Å². The Morgan fingerprint density at radius 1 is 0.737 bits per heavy atom. The highest BCUT2D eigenvalue weighted by Gasteiger charge is 2.36. The van der Waals surface area contributed by atoms with E-state index in [0.717, 1.165) is 50.4 Å². The van der Waals surface area contributed by atoms with E-state index in [0.29, 0.717) is 0 Å². The van der Waals surface area contributed by atoms with Crippen LogP contribution in [0.5, 0.6) is 0 Å². The van der Waals surface area contributed by atoms with E-state index >= 15 is 0 Å². The fourth-order valence-electron chi connectivity index (χ4n) is 2.04. The predicted molar refractivity (Wildman–Crippen MR) is 87.3 cm³/mol. The van der Waals surface area contributed by atoms with E-state index in [9.17, 15) is 0 Å². The molecule has 0 aromatic rings. The zero-order valence-electron chi connectivity index (χ0n) is 13.2. The van der Waals surface area contributed by atoms with Gasteiger partial charge in [0.1, 0.15) is 0 Å². The first-order valence-electron chi connectivity index (χ1n) is 8.08. The molecule has 2 nitrogen and oxygen atoms in total. The lowest BCUT2D eigenvalue weighted by Gasteiger charge is -2.31. The highest BCUT2D eigenvalue weighted by atomic mass is 35.5. The molecule has 0 bridgehead atoms. The van der Waals surface area contributed by atoms with Crippen LogP contribution >= 0.6 is 11.6 Å². The van der Waals surface area contributed by atoms with Gasteiger partial charge in [0.15, 0.2) is 0 Å². The maximum Gasteiger partial charge on any atom is 0.338 e. The minimum atomic E-state index is -2.00. The smallest absolute Gasteiger partial charge is 0.338 e. The maximum atomic E-state index is 6.28. The Balaban J connectivity index is 4.44. The molecule has 0 rings (SSSR count). The molecular formula is C15H33ClO2Si. The van der Waals surface area contributed by atoms with Crippen LogP contribution in [0.15, 0.2) is 0 Å². The van der Waals surface area contributed by atoms with Crippen LogP contribution in [0.2, 0.25) is 12.1 Å². The Morgan fingerprint density at radius 2 is 1.21 bits per heavy atom. The van der Waals surface area contributed by atoms with E-state index in [-0.39, 0.29) is 0 Å². The second-order valence-electron chi connectivity index (χ2n) is 5.21. The SMILES string of the molecule is CCCCO[Si](CCCC)(CCCCl)OCCCC. The summed E-state index contributed by atoms with van der Waals surface area (Å²) < 4.78 is 12.6. The number of halogens is 1. The van der Waals surface area contributed by atoms with Crippen LogP contribution in [0.1, 0.15) is 65.7 Å². The molecule has 0 aromatic heterocycles. The molecule has 0 saturated carbocycles. The van der Waals surface area contributed by atoms with Crippen LogP contribution in [0.3, 0.4) is 0 Å². The van der Waals surface area contributed by atoms with Crippen molar-refractivity contribution in [2.45, 2.75) is 77.8 Å². The average Bonchev–Trinajstić information content (AvgIpc) is 2.43. The first-order chi connectivity index (χ1) is 9.24. The van der Waals surface area contributed by atoms with Crippen LogP contribution in [0, 0.1) is 0 Å². The van der Waals surface area contributed by atoms with Crippen molar-refractivity contribution in [3.63, 3.8) is 0 Å². The minimum absolute atomic E-state index is 0.717. The summed E-state index contributed by atoms with van der Waals surface area (Å²) in [6.45, 7) is 8.37. The summed E-state index contributed by atoms with van der Waals surface area (Å²) in [6, 6.07) is 2.19. The quantitative estimate of drug-likeness (QED) is 0.240. The fourth-order valence-corrected chi connectivity index (χ4v) is 5.95. The molecule has 116 valence electrons. The molecule has 0 aromatic carbocycles. The Kier molecular flexibility index (Phi) is 13.7. The fraction of sp³-hybridized carbons (Fsp3) is 1.00. The van der Waals surface area contributed by atoms with Crippen molar-refractivity contribution in [2.24, 2.45) is 0 Å². The van der Waals surface area contributed by atoms with Crippen molar-refractivity contribution in [1.82, 2.24) is 0 Å². The van der Waals surface area contributed by atoms with E-state index in [1.807, 2.05) is 0 Å². The first-order valence-corrected chi connectivity index (χ1v) is 10.8. The molecule has 0 fully saturated rings. The highest BCUT2D eigenvalue weighted by Crippen LogP contribution is 2.25. The predicted octanol–water partition coefficient (Wildman–Crippen LogP) is 5.49. The van der Waals surface area contributed by atoms with Crippen molar-refractivity contribution < 1.29 is 8.85 Å². The highest BCUT2D eigenvalue weighted by molar-refractivity contribution is 6.67. The maximum absolute atomic E-state index is 6.28. The van der Waals surface area contributed by atoms with Crippen LogP contribution in [0.4, 0.5) is 0 Å². The molecular weight excluding hydrogens is 276 g/mol. The topological polar surface area (TPSA) is 18.5 Å². The molecule has 0 atom stereocenters. The van der Waals surface area contributed by atoms with Gasteiger partial charge in [-0.15, -0.1) is 11.6 Å². The molecule has 0 aliphatic heterocycles. The molecule has 19 heavy (non-hydrogen) atoms. The third-order valence-electron chi connectivity index (χ3n) is 3.33. The molecule has 0 saturated heterocycles. The van der Waals surface area contributed by atoms with Gasteiger partial charge >= 0.3 is 8.56 Å². The van der Waals surface area contributed by atoms with Crippen molar-refractivity contribution in [2.75, 3.05) is 19.1 Å². The standard InChI is InChI=1S/C15H33ClO2Si/c1-4-7-12-17-19(14-9-6-3,15-10-11-16)18-13-8-5-2/h4-15H2,1-3H3. The first kappa shape index (κ1) is 19.4. The lowest BCUT2D eigenvalue weighted by molar-refractivity contribution is 0.161. The normalized spacial score (nSPS) is 12.0. The Bertz CT molecular complexity index is 171. The number of hydrogen-bond acceptors (Lipinski definition) is 2. The van der Waals surface area contributed by atoms with Crippen LogP contribution in [-0.2, 0) is 8.85 Å². The van der Waals surface area contributed by atoms with Crippen molar-refractivity contribution in [1.29, 1.82) is 0 Å². The van der Waals surface area contributed by atoms with Gasteiger partial charge in [-0.2, -0.15) is 0 Å². The molecule has 0 radical (unpaired) electrons. The molecule has 0 unspecified atom stereocenters. The third-order valence-corrected chi connectivity index (χ3v) is 7.29. The van der Waals surface area contributed by atoms with Gasteiger partial charge in [0.25, 0.3) is 0 Å². The van der Waals surface area contributed by atoms with Crippen molar-refractivity contribution in [3.05, 3.63) is 0 Å². The number of unbranched alkanes of at least 4 members (excludes halogenated alkanes) is 3. The van der Waals surface area contributed by atoms with Crippen LogP contribution in [-0.4, -0.2) is 27.7 Å². The Morgan fingerprint density at radius 3 is 1.63 bits per heavy atom. The monoisotopic (exact) mass is 308 g/mol. The molecule has 0 aliphatic carbocycles. The zero-order chi connectivity index (χ0) is 14.4. The number of alkyl halides is 1. The molecule has 4 heteroatoms. The molecule has 0 heterocycles. The second kappa shape index (κ2) is 13.4. The Hall–Kier alpha value is 0.427. The van der Waals surface area contributed by atoms with Gasteiger partial charge in [-0.3, -0.25) is 0 Å². The molecule has 0 spiro atoms. The lowest BCUT2D eigenvalue weighted by Crippen LogP contribution is -2.43. The molecule has 0 aliphatic rings. The largest absolute Gasteiger partial charge is 0.394 e. The summed E-state index contributed by atoms with van der Waals surface area (Å²) in [5.74, 6) is 0.717. The van der Waals surface area contributed by atoms with Gasteiger partial charge in [-0.1, -0.05) is 46.5 Å². The number of rotatable bonds is 14. The van der Waals surface area contributed by atoms with E-state index in [1.165, 1.54) is 25.7 Å². The molecule has 0 amide bonds. The van der Waals surface area contributed by atoms with Crippen LogP contribution < -0.4 is 0 Å². The average molecular weight is 309 g/mol. The summed E-state index contributed by atoms with van der Waals surface area (Å²) in [5, 5.41) is 0. The van der Waals surface area contributed by atoms with Gasteiger partial charge < -0.3 is 8.85 Å². The van der Waals surface area contributed by atoms with Gasteiger partial charge in [0.2, 0.25) is 0 Å². The lowest BCUT2D eigenvalue weighted by atomic mass is 10.4. The number of hydrogen-bond donors (Lipinski definition) is 0. The van der Waals surface area contributed by atoms with E-state index in [2.05, 4.69) is 20.8 Å². The summed E-state index contributed by atoms with van der Waals surface area (Å²) in [4.78, 5) is 0. The van der Waals surface area contributed by atoms with E-state index in [4.69, 9.17) is 20.5 Å². The summed E-state index contributed by atoms with van der Waals surface area (Å²) in [7, 11) is -2.00. The summed E-state index contributed by atoms with van der Waals surface area (Å²) in [6.07, 6.45) is 8.09. The summed E-state index contributed by atoms with van der Waals surface area (Å²) in [5.41, 5.74) is 0. The second-order valence-corrected chi connectivity index (χ2v) is 8.99. The van der Waals surface area contributed by atoms with Crippen molar-refractivity contribution in [3.8, 4) is 0 Å².